The van der Waals surface area contributed by atoms with Crippen molar-refractivity contribution in [1.29, 1.82) is 0 Å². The van der Waals surface area contributed by atoms with Gasteiger partial charge >= 0.3 is 0 Å². The van der Waals surface area contributed by atoms with Crippen LogP contribution in [0.15, 0.2) is 11.6 Å². The molecule has 0 aliphatic heterocycles. The molecular weight excluding hydrogens is 404 g/mol. The van der Waals surface area contributed by atoms with E-state index in [0.717, 1.165) is 12.8 Å². The van der Waals surface area contributed by atoms with Gasteiger partial charge in [-0.05, 0) is 102 Å². The Labute approximate surface area is 204 Å². The number of aliphatic hydroxyl groups excluding tert-OH is 1. The molecule has 0 spiro atoms. The van der Waals surface area contributed by atoms with E-state index in [-0.39, 0.29) is 33.9 Å². The van der Waals surface area contributed by atoms with Gasteiger partial charge < -0.3 is 9.84 Å². The molecule has 0 radical (unpaired) electrons. The molecule has 0 amide bonds. The van der Waals surface area contributed by atoms with E-state index in [4.69, 9.17) is 4.74 Å². The average Bonchev–Trinajstić information content (AvgIpc) is 2.72. The maximum atomic E-state index is 11.0. The molecule has 5 aliphatic rings. The molecule has 4 saturated carbocycles. The minimum absolute atomic E-state index is 0.0178. The summed E-state index contributed by atoms with van der Waals surface area (Å²) in [5.74, 6) is 1.78. The van der Waals surface area contributed by atoms with E-state index in [1.165, 1.54) is 44.9 Å². The summed E-state index contributed by atoms with van der Waals surface area (Å²) in [6, 6.07) is 0. The SMILES string of the molecule is COC1C=C2[C@@H]3CC(C)(C)CC[C@]3(C)CC[C@@]2(C)[C@]2(C)CC[C@H]3C(C)(C)C(O)CC[C@]3(C)[C@@H]12. The standard InChI is InChI=1S/C31H52O2/c1-26(2)14-15-28(5)16-17-30(7)20(21(28)19-26)18-22(33-9)25-29(6)12-11-24(32)27(3,4)23(29)10-13-31(25,30)8/h18,21-25,32H,10-17,19H2,1-9H3/t21-,22?,23-,24?,25+,28+,29-,30+,31+/m0/s1. The Balaban J connectivity index is 1.65. The number of hydrogen-bond acceptors (Lipinski definition) is 2. The van der Waals surface area contributed by atoms with Crippen LogP contribution in [0.2, 0.25) is 0 Å². The van der Waals surface area contributed by atoms with Gasteiger partial charge in [-0.25, -0.2) is 0 Å². The molecule has 5 aliphatic carbocycles. The highest BCUT2D eigenvalue weighted by Crippen LogP contribution is 2.75. The molecule has 0 saturated heterocycles. The van der Waals surface area contributed by atoms with Crippen LogP contribution in [-0.2, 0) is 4.74 Å². The van der Waals surface area contributed by atoms with E-state index in [1.54, 1.807) is 5.57 Å². The first-order valence-electron chi connectivity index (χ1n) is 14.1. The third-order valence-corrected chi connectivity index (χ3v) is 13.2. The number of fused-ring (bicyclic) bond motifs is 7. The molecule has 2 nitrogen and oxygen atoms in total. The molecule has 33 heavy (non-hydrogen) atoms. The van der Waals surface area contributed by atoms with Crippen molar-refractivity contribution in [3.05, 3.63) is 11.6 Å². The molecule has 0 aromatic heterocycles. The molecule has 188 valence electrons. The fourth-order valence-electron chi connectivity index (χ4n) is 10.8. The predicted molar refractivity (Wildman–Crippen MR) is 137 cm³/mol. The van der Waals surface area contributed by atoms with Gasteiger partial charge in [0.15, 0.2) is 0 Å². The first-order valence-corrected chi connectivity index (χ1v) is 14.1. The van der Waals surface area contributed by atoms with Crippen molar-refractivity contribution >= 4 is 0 Å². The van der Waals surface area contributed by atoms with Crippen molar-refractivity contribution in [1.82, 2.24) is 0 Å². The van der Waals surface area contributed by atoms with Gasteiger partial charge in [0.05, 0.1) is 12.2 Å². The van der Waals surface area contributed by atoms with Crippen LogP contribution < -0.4 is 0 Å². The fourth-order valence-corrected chi connectivity index (χ4v) is 10.8. The molecule has 9 atom stereocenters. The summed E-state index contributed by atoms with van der Waals surface area (Å²) in [7, 11) is 1.97. The summed E-state index contributed by atoms with van der Waals surface area (Å²) in [5, 5.41) is 11.0. The summed E-state index contributed by atoms with van der Waals surface area (Å²) in [6.45, 7) is 20.2. The van der Waals surface area contributed by atoms with E-state index in [9.17, 15) is 5.11 Å². The van der Waals surface area contributed by atoms with Crippen LogP contribution in [0.25, 0.3) is 0 Å². The van der Waals surface area contributed by atoms with Crippen molar-refractivity contribution in [2.75, 3.05) is 7.11 Å². The highest BCUT2D eigenvalue weighted by molar-refractivity contribution is 5.35. The van der Waals surface area contributed by atoms with Gasteiger partial charge in [-0.3, -0.25) is 0 Å². The number of ether oxygens (including phenoxy) is 1. The van der Waals surface area contributed by atoms with Crippen LogP contribution in [0.1, 0.15) is 113 Å². The molecule has 5 rings (SSSR count). The monoisotopic (exact) mass is 456 g/mol. The van der Waals surface area contributed by atoms with E-state index in [0.29, 0.717) is 28.6 Å². The van der Waals surface area contributed by atoms with Gasteiger partial charge in [0.2, 0.25) is 0 Å². The first kappa shape index (κ1) is 24.4. The third-order valence-electron chi connectivity index (χ3n) is 13.2. The molecule has 2 heteroatoms. The molecule has 4 fully saturated rings. The Morgan fingerprint density at radius 3 is 2.18 bits per heavy atom. The van der Waals surface area contributed by atoms with Crippen LogP contribution in [0.3, 0.4) is 0 Å². The largest absolute Gasteiger partial charge is 0.393 e. The number of hydrogen-bond donors (Lipinski definition) is 1. The summed E-state index contributed by atoms with van der Waals surface area (Å²) >= 11 is 0. The fraction of sp³-hybridized carbons (Fsp3) is 0.935. The number of methoxy groups -OCH3 is 1. The normalized spacial score (nSPS) is 54.8. The van der Waals surface area contributed by atoms with Crippen molar-refractivity contribution in [2.45, 2.75) is 125 Å². The maximum absolute atomic E-state index is 11.0. The Morgan fingerprint density at radius 2 is 1.52 bits per heavy atom. The summed E-state index contributed by atoms with van der Waals surface area (Å²) < 4.78 is 6.45. The molecule has 0 heterocycles. The van der Waals surface area contributed by atoms with Crippen LogP contribution in [-0.4, -0.2) is 24.4 Å². The number of rotatable bonds is 1. The molecule has 0 aromatic rings. The molecule has 1 N–H and O–H groups in total. The van der Waals surface area contributed by atoms with Crippen molar-refractivity contribution in [3.63, 3.8) is 0 Å². The average molecular weight is 457 g/mol. The zero-order valence-corrected chi connectivity index (χ0v) is 23.2. The van der Waals surface area contributed by atoms with Gasteiger partial charge in [0.25, 0.3) is 0 Å². The summed E-state index contributed by atoms with van der Waals surface area (Å²) in [4.78, 5) is 0. The van der Waals surface area contributed by atoms with E-state index in [2.05, 4.69) is 61.5 Å². The highest BCUT2D eigenvalue weighted by Gasteiger charge is 2.69. The van der Waals surface area contributed by atoms with Gasteiger partial charge in [-0.1, -0.05) is 67.0 Å². The minimum atomic E-state index is -0.175. The zero-order valence-electron chi connectivity index (χ0n) is 23.2. The van der Waals surface area contributed by atoms with E-state index in [1.807, 2.05) is 7.11 Å². The second kappa shape index (κ2) is 7.12. The minimum Gasteiger partial charge on any atom is -0.393 e. The topological polar surface area (TPSA) is 29.5 Å². The zero-order chi connectivity index (χ0) is 24.2. The lowest BCUT2D eigenvalue weighted by Gasteiger charge is -2.72. The van der Waals surface area contributed by atoms with Crippen molar-refractivity contribution < 1.29 is 9.84 Å². The quantitative estimate of drug-likeness (QED) is 0.408. The summed E-state index contributed by atoms with van der Waals surface area (Å²) in [5.41, 5.74) is 3.39. The van der Waals surface area contributed by atoms with Gasteiger partial charge in [0, 0.05) is 13.0 Å². The maximum Gasteiger partial charge on any atom is 0.0793 e. The predicted octanol–water partition coefficient (Wildman–Crippen LogP) is 7.79. The molecule has 0 aromatic carbocycles. The van der Waals surface area contributed by atoms with E-state index >= 15 is 0 Å². The van der Waals surface area contributed by atoms with Gasteiger partial charge in [-0.2, -0.15) is 0 Å². The van der Waals surface area contributed by atoms with Crippen molar-refractivity contribution in [2.24, 2.45) is 50.2 Å². The first-order chi connectivity index (χ1) is 15.1. The van der Waals surface area contributed by atoms with Crippen LogP contribution >= 0.6 is 0 Å². The number of allylic oxidation sites excluding steroid dienone is 1. The Kier molecular flexibility index (Phi) is 5.25. The van der Waals surface area contributed by atoms with Crippen LogP contribution in [0.4, 0.5) is 0 Å². The van der Waals surface area contributed by atoms with Gasteiger partial charge in [0.1, 0.15) is 0 Å². The summed E-state index contributed by atoms with van der Waals surface area (Å²) in [6.07, 6.45) is 14.1. The number of aliphatic hydroxyl groups is 1. The van der Waals surface area contributed by atoms with Crippen LogP contribution in [0.5, 0.6) is 0 Å². The van der Waals surface area contributed by atoms with Gasteiger partial charge in [-0.15, -0.1) is 0 Å². The lowest BCUT2D eigenvalue weighted by atomic mass is 9.33. The third kappa shape index (κ3) is 3.04. The Bertz CT molecular complexity index is 840. The lowest BCUT2D eigenvalue weighted by molar-refractivity contribution is -0.228. The Morgan fingerprint density at radius 1 is 0.848 bits per heavy atom. The molecular formula is C31H52O2. The smallest absolute Gasteiger partial charge is 0.0793 e. The lowest BCUT2D eigenvalue weighted by Crippen LogP contribution is -2.67. The van der Waals surface area contributed by atoms with Crippen LogP contribution in [0, 0.1) is 50.2 Å². The second-order valence-corrected chi connectivity index (χ2v) is 15.6. The molecule has 2 unspecified atom stereocenters. The van der Waals surface area contributed by atoms with Crippen molar-refractivity contribution in [3.8, 4) is 0 Å². The Hall–Kier alpha value is -0.340. The van der Waals surface area contributed by atoms with E-state index < -0.39 is 0 Å². The second-order valence-electron chi connectivity index (χ2n) is 15.6. The highest BCUT2D eigenvalue weighted by atomic mass is 16.5. The molecule has 0 bridgehead atoms.